The first kappa shape index (κ1) is 15.3. The van der Waals surface area contributed by atoms with Gasteiger partial charge in [0.05, 0.1) is 11.5 Å². The molecule has 6 heteroatoms. The number of thiophene rings is 1. The van der Waals surface area contributed by atoms with Crippen LogP contribution in [0.25, 0.3) is 0 Å². The summed E-state index contributed by atoms with van der Waals surface area (Å²) in [5, 5.41) is 12.6. The smallest absolute Gasteiger partial charge is 0.269 e. The van der Waals surface area contributed by atoms with Crippen molar-refractivity contribution in [3.63, 3.8) is 0 Å². The van der Waals surface area contributed by atoms with Crippen LogP contribution in [0, 0.1) is 10.1 Å². The summed E-state index contributed by atoms with van der Waals surface area (Å²) >= 11 is 1.66. The Hall–Kier alpha value is -2.05. The predicted molar refractivity (Wildman–Crippen MR) is 82.8 cm³/mol. The van der Waals surface area contributed by atoms with Crippen LogP contribution in [0.5, 0.6) is 0 Å². The number of non-ortho nitro benzene ring substituents is 1. The lowest BCUT2D eigenvalue weighted by molar-refractivity contribution is -0.384. The average molecular weight is 304 g/mol. The number of ketones is 1. The van der Waals surface area contributed by atoms with Crippen LogP contribution in [-0.4, -0.2) is 29.2 Å². The zero-order chi connectivity index (χ0) is 15.4. The molecule has 21 heavy (non-hydrogen) atoms. The number of likely N-dealkylation sites (N-methyl/N-ethyl adjacent to an activating group) is 1. The molecule has 2 rings (SSSR count). The summed E-state index contributed by atoms with van der Waals surface area (Å²) in [4.78, 5) is 25.5. The normalized spacial score (nSPS) is 12.3. The Morgan fingerprint density at radius 3 is 2.52 bits per heavy atom. The van der Waals surface area contributed by atoms with Crippen LogP contribution in [-0.2, 0) is 0 Å². The van der Waals surface area contributed by atoms with E-state index in [2.05, 4.69) is 6.92 Å². The molecule has 2 aromatic rings. The first-order chi connectivity index (χ1) is 9.99. The van der Waals surface area contributed by atoms with Crippen LogP contribution in [0.15, 0.2) is 41.8 Å². The van der Waals surface area contributed by atoms with E-state index in [1.807, 2.05) is 29.5 Å². The molecule has 1 aromatic heterocycles. The molecule has 0 aliphatic carbocycles. The predicted octanol–water partition coefficient (Wildman–Crippen LogP) is 3.53. The van der Waals surface area contributed by atoms with Crippen LogP contribution >= 0.6 is 11.3 Å². The van der Waals surface area contributed by atoms with Crippen molar-refractivity contribution in [1.82, 2.24) is 4.90 Å². The number of benzene rings is 1. The summed E-state index contributed by atoms with van der Waals surface area (Å²) < 4.78 is 0. The highest BCUT2D eigenvalue weighted by atomic mass is 32.1. The van der Waals surface area contributed by atoms with E-state index in [1.165, 1.54) is 29.1 Å². The fourth-order valence-corrected chi connectivity index (χ4v) is 2.82. The van der Waals surface area contributed by atoms with E-state index in [0.29, 0.717) is 5.56 Å². The molecule has 0 saturated carbocycles. The Morgan fingerprint density at radius 1 is 1.33 bits per heavy atom. The number of carbonyl (C=O) groups excluding carboxylic acids is 1. The maximum absolute atomic E-state index is 12.2. The number of nitrogens with zero attached hydrogens (tertiary/aromatic N) is 2. The Kier molecular flexibility index (Phi) is 4.82. The standard InChI is InChI=1S/C15H16N2O3S/c1-11(15-4-3-9-21-15)16(2)10-14(18)12-5-7-13(8-6-12)17(19)20/h3-9,11H,10H2,1-2H3. The van der Waals surface area contributed by atoms with Crippen molar-refractivity contribution in [3.05, 3.63) is 62.3 Å². The van der Waals surface area contributed by atoms with Gasteiger partial charge in [0.1, 0.15) is 0 Å². The zero-order valence-corrected chi connectivity index (χ0v) is 12.7. The second kappa shape index (κ2) is 6.60. The quantitative estimate of drug-likeness (QED) is 0.465. The Balaban J connectivity index is 2.02. The molecule has 0 aliphatic heterocycles. The van der Waals surface area contributed by atoms with Gasteiger partial charge in [0.15, 0.2) is 5.78 Å². The van der Waals surface area contributed by atoms with Gasteiger partial charge >= 0.3 is 0 Å². The second-order valence-electron chi connectivity index (χ2n) is 4.83. The van der Waals surface area contributed by atoms with E-state index < -0.39 is 4.92 Å². The van der Waals surface area contributed by atoms with Crippen molar-refractivity contribution < 1.29 is 9.72 Å². The van der Waals surface area contributed by atoms with Crippen LogP contribution in [0.1, 0.15) is 28.2 Å². The third-order valence-corrected chi connectivity index (χ3v) is 4.45. The summed E-state index contributed by atoms with van der Waals surface area (Å²) in [5.74, 6) is -0.0456. The largest absolute Gasteiger partial charge is 0.293 e. The molecule has 1 aromatic carbocycles. The average Bonchev–Trinajstić information content (AvgIpc) is 3.00. The van der Waals surface area contributed by atoms with Gasteiger partial charge in [0, 0.05) is 28.6 Å². The van der Waals surface area contributed by atoms with Crippen LogP contribution in [0.2, 0.25) is 0 Å². The lowest BCUT2D eigenvalue weighted by Gasteiger charge is -2.22. The van der Waals surface area contributed by atoms with Gasteiger partial charge in [-0.3, -0.25) is 19.8 Å². The van der Waals surface area contributed by atoms with Gasteiger partial charge in [-0.25, -0.2) is 0 Å². The van der Waals surface area contributed by atoms with E-state index in [-0.39, 0.29) is 24.1 Å². The molecular formula is C15H16N2O3S. The monoisotopic (exact) mass is 304 g/mol. The van der Waals surface area contributed by atoms with Crippen molar-refractivity contribution >= 4 is 22.8 Å². The Bertz CT molecular complexity index is 623. The van der Waals surface area contributed by atoms with Crippen molar-refractivity contribution in [1.29, 1.82) is 0 Å². The molecule has 0 aliphatic rings. The highest BCUT2D eigenvalue weighted by molar-refractivity contribution is 7.10. The number of rotatable bonds is 6. The third-order valence-electron chi connectivity index (χ3n) is 3.41. The maximum atomic E-state index is 12.2. The van der Waals surface area contributed by atoms with Crippen LogP contribution < -0.4 is 0 Å². The SMILES string of the molecule is CC(c1cccs1)N(C)CC(=O)c1ccc([N+](=O)[O-])cc1. The minimum Gasteiger partial charge on any atom is -0.293 e. The maximum Gasteiger partial charge on any atom is 0.269 e. The van der Waals surface area contributed by atoms with Gasteiger partial charge < -0.3 is 0 Å². The number of Topliss-reactive ketones (excluding diaryl/α,β-unsaturated/α-hetero) is 1. The summed E-state index contributed by atoms with van der Waals surface area (Å²) in [6.07, 6.45) is 0. The topological polar surface area (TPSA) is 63.5 Å². The molecule has 0 fully saturated rings. The summed E-state index contributed by atoms with van der Waals surface area (Å²) in [5.41, 5.74) is 0.484. The van der Waals surface area contributed by atoms with E-state index in [9.17, 15) is 14.9 Å². The number of hydrogen-bond acceptors (Lipinski definition) is 5. The zero-order valence-electron chi connectivity index (χ0n) is 11.9. The van der Waals surface area contributed by atoms with Crippen LogP contribution in [0.3, 0.4) is 0 Å². The minimum atomic E-state index is -0.473. The first-order valence-corrected chi connectivity index (χ1v) is 7.38. The van der Waals surface area contributed by atoms with E-state index in [1.54, 1.807) is 11.3 Å². The molecule has 0 saturated heterocycles. The molecule has 110 valence electrons. The highest BCUT2D eigenvalue weighted by Gasteiger charge is 2.17. The summed E-state index contributed by atoms with van der Waals surface area (Å²) in [6, 6.07) is 9.91. The molecule has 1 heterocycles. The fourth-order valence-electron chi connectivity index (χ4n) is 1.97. The van der Waals surface area contributed by atoms with Gasteiger partial charge in [-0.2, -0.15) is 0 Å². The van der Waals surface area contributed by atoms with Crippen molar-refractivity contribution in [2.24, 2.45) is 0 Å². The molecule has 0 bridgehead atoms. The number of nitro benzene ring substituents is 1. The fraction of sp³-hybridized carbons (Fsp3) is 0.267. The first-order valence-electron chi connectivity index (χ1n) is 6.50. The second-order valence-corrected chi connectivity index (χ2v) is 5.81. The molecule has 5 nitrogen and oxygen atoms in total. The highest BCUT2D eigenvalue weighted by Crippen LogP contribution is 2.23. The molecule has 0 spiro atoms. The third kappa shape index (κ3) is 3.74. The summed E-state index contributed by atoms with van der Waals surface area (Å²) in [6.45, 7) is 2.33. The summed E-state index contributed by atoms with van der Waals surface area (Å²) in [7, 11) is 1.90. The Morgan fingerprint density at radius 2 is 2.00 bits per heavy atom. The number of carbonyl (C=O) groups is 1. The van der Waals surface area contributed by atoms with E-state index in [4.69, 9.17) is 0 Å². The molecule has 0 amide bonds. The molecule has 1 unspecified atom stereocenters. The van der Waals surface area contributed by atoms with Crippen LogP contribution in [0.4, 0.5) is 5.69 Å². The van der Waals surface area contributed by atoms with E-state index in [0.717, 1.165) is 0 Å². The van der Waals surface area contributed by atoms with Gasteiger partial charge in [-0.15, -0.1) is 11.3 Å². The molecule has 0 N–H and O–H groups in total. The molecule has 1 atom stereocenters. The van der Waals surface area contributed by atoms with Gasteiger partial charge in [0.25, 0.3) is 5.69 Å². The van der Waals surface area contributed by atoms with Crippen molar-refractivity contribution in [2.75, 3.05) is 13.6 Å². The Labute approximate surface area is 127 Å². The number of hydrogen-bond donors (Lipinski definition) is 0. The molecular weight excluding hydrogens is 288 g/mol. The molecule has 0 radical (unpaired) electrons. The van der Waals surface area contributed by atoms with Gasteiger partial charge in [-0.05, 0) is 37.6 Å². The van der Waals surface area contributed by atoms with Gasteiger partial charge in [-0.1, -0.05) is 6.07 Å². The van der Waals surface area contributed by atoms with E-state index >= 15 is 0 Å². The lowest BCUT2D eigenvalue weighted by atomic mass is 10.1. The van der Waals surface area contributed by atoms with Crippen molar-refractivity contribution in [3.8, 4) is 0 Å². The number of nitro groups is 1. The minimum absolute atomic E-state index is 0.00754. The lowest BCUT2D eigenvalue weighted by Crippen LogP contribution is -2.28. The van der Waals surface area contributed by atoms with Crippen molar-refractivity contribution in [2.45, 2.75) is 13.0 Å². The van der Waals surface area contributed by atoms with Gasteiger partial charge in [0.2, 0.25) is 0 Å².